The number of anilines is 1. The first kappa shape index (κ1) is 23.3. The van der Waals surface area contributed by atoms with Gasteiger partial charge in [-0.15, -0.1) is 0 Å². The Labute approximate surface area is 183 Å². The molecule has 1 aliphatic rings. The van der Waals surface area contributed by atoms with Gasteiger partial charge in [0.25, 0.3) is 0 Å². The summed E-state index contributed by atoms with van der Waals surface area (Å²) in [6.07, 6.45) is 2.01. The van der Waals surface area contributed by atoms with Crippen LogP contribution in [-0.2, 0) is 9.59 Å². The second kappa shape index (κ2) is 9.42. The Hall–Kier alpha value is -3.36. The summed E-state index contributed by atoms with van der Waals surface area (Å²) in [5, 5.41) is 17.1. The first-order valence-electron chi connectivity index (χ1n) is 10.3. The van der Waals surface area contributed by atoms with Crippen LogP contribution in [0.15, 0.2) is 47.6 Å². The van der Waals surface area contributed by atoms with Gasteiger partial charge in [-0.25, -0.2) is 18.2 Å². The second-order valence-corrected chi connectivity index (χ2v) is 7.82. The van der Waals surface area contributed by atoms with Gasteiger partial charge in [0.05, 0.1) is 11.4 Å². The van der Waals surface area contributed by atoms with Crippen LogP contribution in [0.2, 0.25) is 0 Å². The molecule has 3 rings (SSSR count). The first-order valence-corrected chi connectivity index (χ1v) is 10.3. The number of rotatable bonds is 8. The molecule has 170 valence electrons. The number of hydrogen-bond donors (Lipinski definition) is 2. The number of halogens is 3. The lowest BCUT2D eigenvalue weighted by molar-refractivity contribution is -0.138. The SMILES string of the molecule is CCCCC1C(c2ccc(F)cc2)=NN(c2ccc(F)cc2F)C1(C)C(=O)NCC(=O)O. The Kier molecular flexibility index (Phi) is 6.86. The Morgan fingerprint density at radius 2 is 1.78 bits per heavy atom. The third-order valence-electron chi connectivity index (χ3n) is 5.64. The molecule has 1 amide bonds. The van der Waals surface area contributed by atoms with Crippen molar-refractivity contribution < 1.29 is 27.9 Å². The van der Waals surface area contributed by atoms with Gasteiger partial charge in [-0.05, 0) is 43.2 Å². The Morgan fingerprint density at radius 1 is 1.12 bits per heavy atom. The van der Waals surface area contributed by atoms with E-state index < -0.39 is 47.3 Å². The average molecular weight is 447 g/mol. The number of hydrazone groups is 1. The van der Waals surface area contributed by atoms with Crippen molar-refractivity contribution in [1.82, 2.24) is 5.32 Å². The van der Waals surface area contributed by atoms with Crippen LogP contribution in [0.5, 0.6) is 0 Å². The van der Waals surface area contributed by atoms with E-state index in [9.17, 15) is 22.8 Å². The maximum Gasteiger partial charge on any atom is 0.322 e. The monoisotopic (exact) mass is 447 g/mol. The summed E-state index contributed by atoms with van der Waals surface area (Å²) in [5.74, 6) is -4.60. The van der Waals surface area contributed by atoms with Gasteiger partial charge in [-0.1, -0.05) is 31.9 Å². The molecule has 0 aliphatic carbocycles. The quantitative estimate of drug-likeness (QED) is 0.639. The van der Waals surface area contributed by atoms with E-state index in [4.69, 9.17) is 5.11 Å². The van der Waals surface area contributed by atoms with Crippen LogP contribution in [0.25, 0.3) is 0 Å². The van der Waals surface area contributed by atoms with Gasteiger partial charge < -0.3 is 10.4 Å². The summed E-state index contributed by atoms with van der Waals surface area (Å²) in [7, 11) is 0. The number of benzene rings is 2. The Bertz CT molecular complexity index is 1040. The van der Waals surface area contributed by atoms with Crippen molar-refractivity contribution in [3.05, 3.63) is 65.5 Å². The summed E-state index contributed by atoms with van der Waals surface area (Å²) in [6.45, 7) is 2.90. The van der Waals surface area contributed by atoms with E-state index in [1.807, 2.05) is 6.92 Å². The second-order valence-electron chi connectivity index (χ2n) is 7.82. The fourth-order valence-electron chi connectivity index (χ4n) is 3.95. The number of nitrogens with zero attached hydrogens (tertiary/aromatic N) is 2. The van der Waals surface area contributed by atoms with E-state index in [1.54, 1.807) is 6.92 Å². The molecular formula is C23H24F3N3O3. The molecule has 0 aromatic heterocycles. The number of hydrogen-bond acceptors (Lipinski definition) is 4. The lowest BCUT2D eigenvalue weighted by Crippen LogP contribution is -2.58. The number of aliphatic carboxylic acids is 1. The van der Waals surface area contributed by atoms with E-state index in [1.165, 1.54) is 35.3 Å². The smallest absolute Gasteiger partial charge is 0.322 e. The number of nitrogens with one attached hydrogen (secondary N) is 1. The zero-order valence-electron chi connectivity index (χ0n) is 17.7. The largest absolute Gasteiger partial charge is 0.480 e. The standard InChI is InChI=1S/C23H24F3N3O3/c1-3-4-5-17-21(14-6-8-15(24)9-7-14)28-29(19-11-10-16(25)12-18(19)26)23(17,2)22(32)27-13-20(30)31/h6-12,17H,3-5,13H2,1-2H3,(H,27,32)(H,30,31). The van der Waals surface area contributed by atoms with Crippen molar-refractivity contribution in [3.63, 3.8) is 0 Å². The predicted molar refractivity (Wildman–Crippen MR) is 114 cm³/mol. The molecule has 0 saturated heterocycles. The van der Waals surface area contributed by atoms with E-state index in [-0.39, 0.29) is 5.69 Å². The minimum absolute atomic E-state index is 0.127. The minimum atomic E-state index is -1.51. The van der Waals surface area contributed by atoms with E-state index >= 15 is 0 Å². The Morgan fingerprint density at radius 3 is 2.38 bits per heavy atom. The van der Waals surface area contributed by atoms with Crippen LogP contribution in [0.1, 0.15) is 38.7 Å². The highest BCUT2D eigenvalue weighted by molar-refractivity contribution is 6.10. The van der Waals surface area contributed by atoms with Crippen molar-refractivity contribution >= 4 is 23.3 Å². The maximum atomic E-state index is 14.8. The van der Waals surface area contributed by atoms with E-state index in [0.29, 0.717) is 30.2 Å². The summed E-state index contributed by atoms with van der Waals surface area (Å²) in [6, 6.07) is 8.50. The fourth-order valence-corrected chi connectivity index (χ4v) is 3.95. The third kappa shape index (κ3) is 4.46. The number of carboxylic acid groups (broad SMARTS) is 1. The highest BCUT2D eigenvalue weighted by Gasteiger charge is 2.54. The molecular weight excluding hydrogens is 423 g/mol. The summed E-state index contributed by atoms with van der Waals surface area (Å²) >= 11 is 0. The highest BCUT2D eigenvalue weighted by Crippen LogP contribution is 2.42. The van der Waals surface area contributed by atoms with Gasteiger partial charge in [-0.3, -0.25) is 9.59 Å². The number of amides is 1. The van der Waals surface area contributed by atoms with Crippen molar-refractivity contribution in [1.29, 1.82) is 0 Å². The number of carboxylic acids is 1. The summed E-state index contributed by atoms with van der Waals surface area (Å²) < 4.78 is 41.8. The first-order chi connectivity index (χ1) is 15.2. The molecule has 1 heterocycles. The number of carbonyl (C=O) groups is 2. The summed E-state index contributed by atoms with van der Waals surface area (Å²) in [5.41, 5.74) is -0.643. The van der Waals surface area contributed by atoms with Crippen molar-refractivity contribution in [2.45, 2.75) is 38.6 Å². The zero-order chi connectivity index (χ0) is 23.5. The average Bonchev–Trinajstić information content (AvgIpc) is 3.04. The van der Waals surface area contributed by atoms with Gasteiger partial charge in [0.1, 0.15) is 23.7 Å². The minimum Gasteiger partial charge on any atom is -0.480 e. The van der Waals surface area contributed by atoms with Crippen LogP contribution in [0, 0.1) is 23.4 Å². The molecule has 0 spiro atoms. The van der Waals surface area contributed by atoms with Crippen molar-refractivity contribution in [3.8, 4) is 0 Å². The van der Waals surface area contributed by atoms with Crippen LogP contribution < -0.4 is 10.3 Å². The van der Waals surface area contributed by atoms with Crippen LogP contribution in [-0.4, -0.2) is 34.8 Å². The summed E-state index contributed by atoms with van der Waals surface area (Å²) in [4.78, 5) is 24.3. The molecule has 0 bridgehead atoms. The topological polar surface area (TPSA) is 82.0 Å². The van der Waals surface area contributed by atoms with Crippen LogP contribution >= 0.6 is 0 Å². The van der Waals surface area contributed by atoms with Gasteiger partial charge in [0.15, 0.2) is 5.82 Å². The molecule has 9 heteroatoms. The maximum absolute atomic E-state index is 14.8. The molecule has 2 N–H and O–H groups in total. The third-order valence-corrected chi connectivity index (χ3v) is 5.64. The van der Waals surface area contributed by atoms with Gasteiger partial charge in [0, 0.05) is 12.0 Å². The van der Waals surface area contributed by atoms with Crippen molar-refractivity contribution in [2.75, 3.05) is 11.6 Å². The fraction of sp³-hybridized carbons (Fsp3) is 0.348. The molecule has 32 heavy (non-hydrogen) atoms. The Balaban J connectivity index is 2.16. The molecule has 2 aromatic carbocycles. The normalized spacial score (nSPS) is 20.2. The van der Waals surface area contributed by atoms with Crippen LogP contribution in [0.4, 0.5) is 18.9 Å². The molecule has 6 nitrogen and oxygen atoms in total. The van der Waals surface area contributed by atoms with Gasteiger partial charge >= 0.3 is 5.97 Å². The molecule has 2 atom stereocenters. The van der Waals surface area contributed by atoms with Crippen LogP contribution in [0.3, 0.4) is 0 Å². The molecule has 0 fully saturated rings. The van der Waals surface area contributed by atoms with E-state index in [2.05, 4.69) is 10.4 Å². The predicted octanol–water partition coefficient (Wildman–Crippen LogP) is 4.09. The lowest BCUT2D eigenvalue weighted by Gasteiger charge is -2.37. The zero-order valence-corrected chi connectivity index (χ0v) is 17.7. The van der Waals surface area contributed by atoms with Gasteiger partial charge in [0.2, 0.25) is 5.91 Å². The lowest BCUT2D eigenvalue weighted by atomic mass is 9.77. The number of carbonyl (C=O) groups excluding carboxylic acids is 1. The molecule has 0 radical (unpaired) electrons. The number of unbranched alkanes of at least 4 members (excludes halogenated alkanes) is 1. The van der Waals surface area contributed by atoms with E-state index in [0.717, 1.165) is 12.5 Å². The molecule has 2 unspecified atom stereocenters. The highest BCUT2D eigenvalue weighted by atomic mass is 19.1. The van der Waals surface area contributed by atoms with Gasteiger partial charge in [-0.2, -0.15) is 5.10 Å². The molecule has 0 saturated carbocycles. The molecule has 1 aliphatic heterocycles. The van der Waals surface area contributed by atoms with Crippen molar-refractivity contribution in [2.24, 2.45) is 11.0 Å². The molecule has 2 aromatic rings.